The molecular weight excluding hydrogens is 238 g/mol. The Balaban J connectivity index is 1.61. The molecular formula is C16H21NO2. The van der Waals surface area contributed by atoms with E-state index in [1.165, 1.54) is 11.1 Å². The third-order valence-corrected chi connectivity index (χ3v) is 4.31. The Morgan fingerprint density at radius 3 is 2.42 bits per heavy atom. The van der Waals surface area contributed by atoms with Gasteiger partial charge in [0.15, 0.2) is 0 Å². The minimum absolute atomic E-state index is 0.150. The van der Waals surface area contributed by atoms with E-state index in [0.29, 0.717) is 24.9 Å². The molecule has 1 aliphatic heterocycles. The second-order valence-corrected chi connectivity index (χ2v) is 6.17. The van der Waals surface area contributed by atoms with Crippen molar-refractivity contribution in [1.82, 2.24) is 4.90 Å². The predicted molar refractivity (Wildman–Crippen MR) is 74.0 cm³/mol. The number of likely N-dealkylation sites (tertiary alicyclic amines) is 1. The van der Waals surface area contributed by atoms with Crippen molar-refractivity contribution in [3.05, 3.63) is 35.4 Å². The van der Waals surface area contributed by atoms with Gasteiger partial charge in [-0.05, 0) is 29.4 Å². The summed E-state index contributed by atoms with van der Waals surface area (Å²) in [7, 11) is 0. The monoisotopic (exact) mass is 259 g/mol. The third kappa shape index (κ3) is 2.39. The number of rotatable bonds is 3. The van der Waals surface area contributed by atoms with Crippen LogP contribution < -0.4 is 0 Å². The molecule has 1 N–H and O–H groups in total. The summed E-state index contributed by atoms with van der Waals surface area (Å²) < 4.78 is 0. The number of nitrogens with zero attached hydrogens (tertiary/aromatic N) is 1. The standard InChI is InChI=1S/C16H21NO2/c1-10(2)11-3-5-12(6-4-11)14-7-15(14)16(19)17-8-13(18)9-17/h3-6,10,13-15,18H,7-9H2,1-2H3. The summed E-state index contributed by atoms with van der Waals surface area (Å²) in [5.74, 6) is 1.32. The molecule has 3 rings (SSSR count). The zero-order valence-corrected chi connectivity index (χ0v) is 11.5. The van der Waals surface area contributed by atoms with Gasteiger partial charge in [-0.3, -0.25) is 4.79 Å². The number of benzene rings is 1. The van der Waals surface area contributed by atoms with Crippen molar-refractivity contribution in [3.8, 4) is 0 Å². The van der Waals surface area contributed by atoms with Gasteiger partial charge in [-0.15, -0.1) is 0 Å². The van der Waals surface area contributed by atoms with Crippen molar-refractivity contribution in [1.29, 1.82) is 0 Å². The quantitative estimate of drug-likeness (QED) is 0.903. The summed E-state index contributed by atoms with van der Waals surface area (Å²) in [6.45, 7) is 5.42. The van der Waals surface area contributed by atoms with E-state index in [1.807, 2.05) is 0 Å². The molecule has 1 saturated carbocycles. The van der Waals surface area contributed by atoms with Gasteiger partial charge in [0.05, 0.1) is 6.10 Å². The number of hydrogen-bond acceptors (Lipinski definition) is 2. The Morgan fingerprint density at radius 2 is 1.89 bits per heavy atom. The van der Waals surface area contributed by atoms with Crippen LogP contribution in [0.1, 0.15) is 43.2 Å². The first-order chi connectivity index (χ1) is 9.06. The first-order valence-corrected chi connectivity index (χ1v) is 7.13. The summed E-state index contributed by atoms with van der Waals surface area (Å²) in [5, 5.41) is 9.24. The SMILES string of the molecule is CC(C)c1ccc(C2CC2C(=O)N2CC(O)C2)cc1. The average Bonchev–Trinajstić information content (AvgIpc) is 3.14. The fourth-order valence-electron chi connectivity index (χ4n) is 2.83. The summed E-state index contributed by atoms with van der Waals surface area (Å²) in [6.07, 6.45) is 0.665. The highest BCUT2D eigenvalue weighted by Gasteiger charge is 2.47. The highest BCUT2D eigenvalue weighted by molar-refractivity contribution is 5.83. The van der Waals surface area contributed by atoms with Gasteiger partial charge >= 0.3 is 0 Å². The number of β-amino-alcohol motifs (C(OH)–C–C–N with tert-alkyl or cyclic N) is 1. The van der Waals surface area contributed by atoms with Gasteiger partial charge in [0, 0.05) is 19.0 Å². The smallest absolute Gasteiger partial charge is 0.226 e. The molecule has 102 valence electrons. The minimum Gasteiger partial charge on any atom is -0.389 e. The molecule has 2 aliphatic rings. The molecule has 2 atom stereocenters. The van der Waals surface area contributed by atoms with Crippen LogP contribution in [0.15, 0.2) is 24.3 Å². The lowest BCUT2D eigenvalue weighted by atomic mass is 9.99. The highest BCUT2D eigenvalue weighted by atomic mass is 16.3. The molecule has 1 aromatic rings. The van der Waals surface area contributed by atoms with E-state index in [-0.39, 0.29) is 17.9 Å². The molecule has 1 saturated heterocycles. The first-order valence-electron chi connectivity index (χ1n) is 7.13. The third-order valence-electron chi connectivity index (χ3n) is 4.31. The van der Waals surface area contributed by atoms with Crippen molar-refractivity contribution in [3.63, 3.8) is 0 Å². The number of aliphatic hydroxyl groups is 1. The van der Waals surface area contributed by atoms with Crippen LogP contribution in [-0.4, -0.2) is 35.1 Å². The maximum atomic E-state index is 12.1. The van der Waals surface area contributed by atoms with Gasteiger partial charge in [0.25, 0.3) is 0 Å². The molecule has 19 heavy (non-hydrogen) atoms. The molecule has 1 aliphatic carbocycles. The van der Waals surface area contributed by atoms with Crippen molar-refractivity contribution in [2.75, 3.05) is 13.1 Å². The second kappa shape index (κ2) is 4.64. The van der Waals surface area contributed by atoms with Crippen LogP contribution in [0.4, 0.5) is 0 Å². The Labute approximate surface area is 114 Å². The lowest BCUT2D eigenvalue weighted by molar-refractivity contribution is -0.142. The fourth-order valence-corrected chi connectivity index (χ4v) is 2.83. The summed E-state index contributed by atoms with van der Waals surface area (Å²) >= 11 is 0. The maximum Gasteiger partial charge on any atom is 0.226 e. The van der Waals surface area contributed by atoms with Gasteiger partial charge in [-0.2, -0.15) is 0 Å². The van der Waals surface area contributed by atoms with Gasteiger partial charge in [0.1, 0.15) is 0 Å². The van der Waals surface area contributed by atoms with Crippen LogP contribution in [0, 0.1) is 5.92 Å². The van der Waals surface area contributed by atoms with Gasteiger partial charge in [-0.25, -0.2) is 0 Å². The summed E-state index contributed by atoms with van der Waals surface area (Å²) in [5.41, 5.74) is 2.63. The molecule has 0 spiro atoms. The average molecular weight is 259 g/mol. The van der Waals surface area contributed by atoms with E-state index < -0.39 is 0 Å². The van der Waals surface area contributed by atoms with Crippen LogP contribution in [0.5, 0.6) is 0 Å². The van der Waals surface area contributed by atoms with Crippen molar-refractivity contribution >= 4 is 5.91 Å². The molecule has 2 fully saturated rings. The van der Waals surface area contributed by atoms with E-state index in [0.717, 1.165) is 6.42 Å². The molecule has 2 unspecified atom stereocenters. The fraction of sp³-hybridized carbons (Fsp3) is 0.562. The molecule has 0 bridgehead atoms. The summed E-state index contributed by atoms with van der Waals surface area (Å²) in [6, 6.07) is 8.68. The number of aliphatic hydroxyl groups excluding tert-OH is 1. The van der Waals surface area contributed by atoms with Crippen LogP contribution in [0.3, 0.4) is 0 Å². The summed E-state index contributed by atoms with van der Waals surface area (Å²) in [4.78, 5) is 13.9. The molecule has 1 amide bonds. The molecule has 0 radical (unpaired) electrons. The number of hydrogen-bond donors (Lipinski definition) is 1. The zero-order valence-electron chi connectivity index (χ0n) is 11.5. The molecule has 0 aromatic heterocycles. The lowest BCUT2D eigenvalue weighted by Crippen LogP contribution is -2.54. The van der Waals surface area contributed by atoms with Gasteiger partial charge < -0.3 is 10.0 Å². The lowest BCUT2D eigenvalue weighted by Gasteiger charge is -2.36. The number of amides is 1. The van der Waals surface area contributed by atoms with Crippen molar-refractivity contribution in [2.45, 2.75) is 38.2 Å². The Bertz CT molecular complexity index is 474. The number of carbonyl (C=O) groups excluding carboxylic acids is 1. The highest BCUT2D eigenvalue weighted by Crippen LogP contribution is 2.49. The molecule has 3 nitrogen and oxygen atoms in total. The second-order valence-electron chi connectivity index (χ2n) is 6.17. The van der Waals surface area contributed by atoms with Crippen LogP contribution in [0.25, 0.3) is 0 Å². The van der Waals surface area contributed by atoms with Crippen molar-refractivity contribution in [2.24, 2.45) is 5.92 Å². The number of carbonyl (C=O) groups is 1. The van der Waals surface area contributed by atoms with E-state index in [9.17, 15) is 9.90 Å². The zero-order chi connectivity index (χ0) is 13.6. The van der Waals surface area contributed by atoms with Crippen LogP contribution in [-0.2, 0) is 4.79 Å². The van der Waals surface area contributed by atoms with Crippen LogP contribution in [0.2, 0.25) is 0 Å². The molecule has 3 heteroatoms. The van der Waals surface area contributed by atoms with Crippen LogP contribution >= 0.6 is 0 Å². The largest absolute Gasteiger partial charge is 0.389 e. The van der Waals surface area contributed by atoms with Gasteiger partial charge in [-0.1, -0.05) is 38.1 Å². The van der Waals surface area contributed by atoms with E-state index >= 15 is 0 Å². The molecule has 1 heterocycles. The topological polar surface area (TPSA) is 40.5 Å². The normalized spacial score (nSPS) is 26.4. The Kier molecular flexibility index (Phi) is 3.09. The van der Waals surface area contributed by atoms with Gasteiger partial charge in [0.2, 0.25) is 5.91 Å². The van der Waals surface area contributed by atoms with E-state index in [1.54, 1.807) is 4.90 Å². The first kappa shape index (κ1) is 12.7. The van der Waals surface area contributed by atoms with Crippen molar-refractivity contribution < 1.29 is 9.90 Å². The Morgan fingerprint density at radius 1 is 1.26 bits per heavy atom. The van der Waals surface area contributed by atoms with E-state index in [4.69, 9.17) is 0 Å². The maximum absolute atomic E-state index is 12.1. The van der Waals surface area contributed by atoms with E-state index in [2.05, 4.69) is 38.1 Å². The molecule has 1 aromatic carbocycles. The Hall–Kier alpha value is -1.35. The minimum atomic E-state index is -0.300. The predicted octanol–water partition coefficient (Wildman–Crippen LogP) is 2.12.